The van der Waals surface area contributed by atoms with Crippen molar-refractivity contribution in [1.82, 2.24) is 15.5 Å². The van der Waals surface area contributed by atoms with E-state index in [2.05, 4.69) is 26.6 Å². The monoisotopic (exact) mass is 311 g/mol. The molecule has 2 rings (SSSR count). The lowest BCUT2D eigenvalue weighted by molar-refractivity contribution is -0.159. The van der Waals surface area contributed by atoms with Gasteiger partial charge in [0.15, 0.2) is 0 Å². The molecule has 0 saturated heterocycles. The Labute approximate surface area is 123 Å². The average molecular weight is 311 g/mol. The molecule has 8 heteroatoms. The van der Waals surface area contributed by atoms with Gasteiger partial charge in [0.05, 0.1) is 0 Å². The van der Waals surface area contributed by atoms with Gasteiger partial charge in [-0.1, -0.05) is 23.4 Å². The van der Waals surface area contributed by atoms with Crippen molar-refractivity contribution in [3.05, 3.63) is 48.4 Å². The van der Waals surface area contributed by atoms with Crippen LogP contribution >= 0.6 is 0 Å². The molecule has 0 saturated carbocycles. The minimum atomic E-state index is -4.68. The van der Waals surface area contributed by atoms with Crippen molar-refractivity contribution >= 4 is 5.91 Å². The molecule has 116 valence electrons. The van der Waals surface area contributed by atoms with Gasteiger partial charge in [0.1, 0.15) is 0 Å². The quantitative estimate of drug-likeness (QED) is 0.680. The van der Waals surface area contributed by atoms with Crippen molar-refractivity contribution in [2.24, 2.45) is 0 Å². The zero-order valence-corrected chi connectivity index (χ0v) is 11.4. The molecule has 0 unspecified atom stereocenters. The van der Waals surface area contributed by atoms with Gasteiger partial charge in [0.25, 0.3) is 5.91 Å². The molecule has 5 nitrogen and oxygen atoms in total. The van der Waals surface area contributed by atoms with E-state index in [0.717, 1.165) is 0 Å². The fourth-order valence-electron chi connectivity index (χ4n) is 1.62. The second-order valence-corrected chi connectivity index (χ2v) is 4.33. The molecule has 1 heterocycles. The van der Waals surface area contributed by atoms with E-state index in [-0.39, 0.29) is 11.7 Å². The summed E-state index contributed by atoms with van der Waals surface area (Å²) in [6, 6.07) is 5.85. The van der Waals surface area contributed by atoms with Crippen molar-refractivity contribution in [2.45, 2.75) is 12.6 Å². The van der Waals surface area contributed by atoms with Crippen LogP contribution in [-0.4, -0.2) is 22.6 Å². The van der Waals surface area contributed by atoms with Crippen LogP contribution in [0.1, 0.15) is 22.7 Å². The molecule has 1 N–H and O–H groups in total. The Balaban J connectivity index is 2.10. The zero-order chi connectivity index (χ0) is 16.2. The van der Waals surface area contributed by atoms with Crippen LogP contribution in [0.25, 0.3) is 11.4 Å². The van der Waals surface area contributed by atoms with E-state index < -0.39 is 12.1 Å². The third kappa shape index (κ3) is 3.72. The van der Waals surface area contributed by atoms with Crippen LogP contribution < -0.4 is 5.32 Å². The highest BCUT2D eigenvalue weighted by Crippen LogP contribution is 2.29. The van der Waals surface area contributed by atoms with Gasteiger partial charge >= 0.3 is 12.1 Å². The van der Waals surface area contributed by atoms with Crippen molar-refractivity contribution in [3.63, 3.8) is 0 Å². The van der Waals surface area contributed by atoms with E-state index in [4.69, 9.17) is 0 Å². The number of benzene rings is 1. The van der Waals surface area contributed by atoms with Crippen LogP contribution in [0.15, 0.2) is 41.4 Å². The number of carbonyl (C=O) groups is 1. The molecular formula is C14H12F3N3O2. The van der Waals surface area contributed by atoms with Gasteiger partial charge in [-0.3, -0.25) is 4.79 Å². The summed E-state index contributed by atoms with van der Waals surface area (Å²) in [7, 11) is 0. The van der Waals surface area contributed by atoms with Crippen molar-refractivity contribution < 1.29 is 22.5 Å². The van der Waals surface area contributed by atoms with E-state index >= 15 is 0 Å². The van der Waals surface area contributed by atoms with E-state index in [1.807, 2.05) is 0 Å². The van der Waals surface area contributed by atoms with Crippen molar-refractivity contribution in [1.29, 1.82) is 0 Å². The minimum absolute atomic E-state index is 0.189. The van der Waals surface area contributed by atoms with Crippen LogP contribution in [0.4, 0.5) is 13.2 Å². The summed E-state index contributed by atoms with van der Waals surface area (Å²) in [5.41, 5.74) is 0.703. The maximum absolute atomic E-state index is 12.4. The molecule has 22 heavy (non-hydrogen) atoms. The van der Waals surface area contributed by atoms with Gasteiger partial charge in [0, 0.05) is 17.7 Å². The normalized spacial score (nSPS) is 11.2. The Morgan fingerprint density at radius 2 is 2.00 bits per heavy atom. The number of aromatic nitrogens is 2. The Morgan fingerprint density at radius 3 is 2.55 bits per heavy atom. The van der Waals surface area contributed by atoms with Crippen LogP contribution in [0.3, 0.4) is 0 Å². The number of carbonyl (C=O) groups excluding carboxylic acids is 1. The summed E-state index contributed by atoms with van der Waals surface area (Å²) >= 11 is 0. The molecule has 2 aromatic rings. The van der Waals surface area contributed by atoms with Crippen molar-refractivity contribution in [3.8, 4) is 11.4 Å². The maximum Gasteiger partial charge on any atom is 0.471 e. The third-order valence-electron chi connectivity index (χ3n) is 2.71. The van der Waals surface area contributed by atoms with Crippen LogP contribution in [0.5, 0.6) is 0 Å². The lowest BCUT2D eigenvalue weighted by Gasteiger charge is -2.03. The molecule has 0 radical (unpaired) electrons. The van der Waals surface area contributed by atoms with Gasteiger partial charge in [-0.05, 0) is 18.6 Å². The molecule has 0 aliphatic carbocycles. The predicted octanol–water partition coefficient (Wildman–Crippen LogP) is 3.06. The highest BCUT2D eigenvalue weighted by molar-refractivity contribution is 5.94. The predicted molar refractivity (Wildman–Crippen MR) is 71.9 cm³/mol. The minimum Gasteiger partial charge on any atom is -0.352 e. The summed E-state index contributed by atoms with van der Waals surface area (Å²) in [6.07, 6.45) is -2.36. The molecule has 1 aromatic carbocycles. The van der Waals surface area contributed by atoms with Gasteiger partial charge in [-0.2, -0.15) is 18.2 Å². The summed E-state index contributed by atoms with van der Waals surface area (Å²) in [5.74, 6) is -1.88. The topological polar surface area (TPSA) is 68.0 Å². The molecule has 0 aliphatic rings. The molecule has 0 aliphatic heterocycles. The van der Waals surface area contributed by atoms with Crippen LogP contribution in [0.2, 0.25) is 0 Å². The first-order chi connectivity index (χ1) is 10.4. The van der Waals surface area contributed by atoms with Gasteiger partial charge < -0.3 is 9.84 Å². The van der Waals surface area contributed by atoms with E-state index in [9.17, 15) is 18.0 Å². The summed E-state index contributed by atoms with van der Waals surface area (Å²) in [6.45, 7) is 4.00. The Bertz CT molecular complexity index is 663. The number of hydrogen-bond acceptors (Lipinski definition) is 4. The second kappa shape index (κ2) is 6.42. The number of nitrogens with zero attached hydrogens (tertiary/aromatic N) is 2. The van der Waals surface area contributed by atoms with Gasteiger partial charge in [-0.15, -0.1) is 6.58 Å². The zero-order valence-electron chi connectivity index (χ0n) is 11.4. The van der Waals surface area contributed by atoms with Crippen molar-refractivity contribution in [2.75, 3.05) is 6.54 Å². The van der Waals surface area contributed by atoms with E-state index in [1.165, 1.54) is 24.3 Å². The highest BCUT2D eigenvalue weighted by atomic mass is 19.4. The number of halogens is 3. The fourth-order valence-corrected chi connectivity index (χ4v) is 1.62. The average Bonchev–Trinajstić information content (AvgIpc) is 2.97. The first kappa shape index (κ1) is 15.7. The van der Waals surface area contributed by atoms with E-state index in [0.29, 0.717) is 24.1 Å². The number of hydrogen-bond donors (Lipinski definition) is 1. The Kier molecular flexibility index (Phi) is 4.59. The smallest absolute Gasteiger partial charge is 0.352 e. The van der Waals surface area contributed by atoms with Gasteiger partial charge in [0.2, 0.25) is 5.82 Å². The Morgan fingerprint density at radius 1 is 1.32 bits per heavy atom. The number of alkyl halides is 3. The maximum atomic E-state index is 12.4. The number of amides is 1. The molecule has 0 atom stereocenters. The molecule has 1 aromatic heterocycles. The van der Waals surface area contributed by atoms with Crippen LogP contribution in [0, 0.1) is 0 Å². The SMILES string of the molecule is C=CCCNC(=O)c1ccc(-c2noc(C(F)(F)F)n2)cc1. The molecule has 0 fully saturated rings. The highest BCUT2D eigenvalue weighted by Gasteiger charge is 2.38. The van der Waals surface area contributed by atoms with E-state index in [1.54, 1.807) is 6.08 Å². The molecular weight excluding hydrogens is 299 g/mol. The first-order valence-electron chi connectivity index (χ1n) is 6.32. The fraction of sp³-hybridized carbons (Fsp3) is 0.214. The summed E-state index contributed by atoms with van der Waals surface area (Å²) < 4.78 is 41.3. The Hall–Kier alpha value is -2.64. The summed E-state index contributed by atoms with van der Waals surface area (Å²) in [5, 5.41) is 5.94. The standard InChI is InChI=1S/C14H12F3N3O2/c1-2-3-8-18-12(21)10-6-4-9(5-7-10)11-19-13(22-20-11)14(15,16)17/h2,4-7H,1,3,8H2,(H,18,21). The number of nitrogens with one attached hydrogen (secondary N) is 1. The van der Waals surface area contributed by atoms with Crippen LogP contribution in [-0.2, 0) is 6.18 Å². The largest absolute Gasteiger partial charge is 0.471 e. The molecule has 1 amide bonds. The number of rotatable bonds is 5. The molecule has 0 bridgehead atoms. The third-order valence-corrected chi connectivity index (χ3v) is 2.71. The lowest BCUT2D eigenvalue weighted by Crippen LogP contribution is -2.23. The lowest BCUT2D eigenvalue weighted by atomic mass is 10.1. The first-order valence-corrected chi connectivity index (χ1v) is 6.32. The second-order valence-electron chi connectivity index (χ2n) is 4.33. The van der Waals surface area contributed by atoms with Gasteiger partial charge in [-0.25, -0.2) is 0 Å². The molecule has 0 spiro atoms. The summed E-state index contributed by atoms with van der Waals surface area (Å²) in [4.78, 5) is 15.0.